The van der Waals surface area contributed by atoms with Gasteiger partial charge in [-0.1, -0.05) is 12.1 Å². The molecule has 0 aliphatic heterocycles. The van der Waals surface area contributed by atoms with E-state index in [-0.39, 0.29) is 0 Å². The number of rotatable bonds is 5. The zero-order chi connectivity index (χ0) is 12.8. The lowest BCUT2D eigenvalue weighted by molar-refractivity contribution is 0.325. The van der Waals surface area contributed by atoms with Gasteiger partial charge in [0.1, 0.15) is 12.4 Å². The monoisotopic (exact) mass is 245 g/mol. The van der Waals surface area contributed by atoms with Crippen LogP contribution in [0.4, 0.5) is 0 Å². The van der Waals surface area contributed by atoms with Crippen LogP contribution in [0.1, 0.15) is 0 Å². The van der Waals surface area contributed by atoms with Crippen molar-refractivity contribution < 1.29 is 9.47 Å². The first kappa shape index (κ1) is 12.3. The standard InChI is InChI=1S/C13H15N3O2/c1-17-11-4-2-3-10(7-11)13-15-8-12(9-16-13)18-6-5-14/h2-4,7-9H,5-6,14H2,1H3. The van der Waals surface area contributed by atoms with E-state index < -0.39 is 0 Å². The maximum Gasteiger partial charge on any atom is 0.159 e. The maximum atomic E-state index is 5.35. The van der Waals surface area contributed by atoms with Crippen molar-refractivity contribution in [1.29, 1.82) is 0 Å². The Morgan fingerprint density at radius 2 is 1.94 bits per heavy atom. The van der Waals surface area contributed by atoms with Crippen LogP contribution in [0.3, 0.4) is 0 Å². The Balaban J connectivity index is 2.17. The van der Waals surface area contributed by atoms with Crippen molar-refractivity contribution in [2.24, 2.45) is 5.73 Å². The molecule has 0 aliphatic carbocycles. The Labute approximate surface area is 106 Å². The lowest BCUT2D eigenvalue weighted by Crippen LogP contribution is -2.10. The van der Waals surface area contributed by atoms with Crippen molar-refractivity contribution in [2.75, 3.05) is 20.3 Å². The first-order valence-corrected chi connectivity index (χ1v) is 5.63. The lowest BCUT2D eigenvalue weighted by Gasteiger charge is -2.05. The molecule has 0 saturated carbocycles. The van der Waals surface area contributed by atoms with Crippen LogP contribution in [0, 0.1) is 0 Å². The maximum absolute atomic E-state index is 5.35. The summed E-state index contributed by atoms with van der Waals surface area (Å²) in [6.07, 6.45) is 3.27. The van der Waals surface area contributed by atoms with Crippen LogP contribution >= 0.6 is 0 Å². The van der Waals surface area contributed by atoms with Crippen LogP contribution in [0.5, 0.6) is 11.5 Å². The van der Waals surface area contributed by atoms with Gasteiger partial charge < -0.3 is 15.2 Å². The second-order valence-corrected chi connectivity index (χ2v) is 3.61. The van der Waals surface area contributed by atoms with Gasteiger partial charge in [-0.15, -0.1) is 0 Å². The summed E-state index contributed by atoms with van der Waals surface area (Å²) in [6.45, 7) is 0.930. The van der Waals surface area contributed by atoms with E-state index in [9.17, 15) is 0 Å². The zero-order valence-electron chi connectivity index (χ0n) is 10.2. The van der Waals surface area contributed by atoms with Gasteiger partial charge in [-0.25, -0.2) is 9.97 Å². The van der Waals surface area contributed by atoms with Gasteiger partial charge in [-0.3, -0.25) is 0 Å². The smallest absolute Gasteiger partial charge is 0.159 e. The van der Waals surface area contributed by atoms with Crippen molar-refractivity contribution in [1.82, 2.24) is 9.97 Å². The highest BCUT2D eigenvalue weighted by atomic mass is 16.5. The minimum Gasteiger partial charge on any atom is -0.497 e. The molecular weight excluding hydrogens is 230 g/mol. The van der Waals surface area contributed by atoms with Gasteiger partial charge in [-0.05, 0) is 12.1 Å². The predicted octanol–water partition coefficient (Wildman–Crippen LogP) is 1.49. The van der Waals surface area contributed by atoms with Gasteiger partial charge in [0.25, 0.3) is 0 Å². The molecule has 0 radical (unpaired) electrons. The molecule has 18 heavy (non-hydrogen) atoms. The van der Waals surface area contributed by atoms with Gasteiger partial charge in [-0.2, -0.15) is 0 Å². The second kappa shape index (κ2) is 5.97. The number of hydrogen-bond acceptors (Lipinski definition) is 5. The number of benzene rings is 1. The van der Waals surface area contributed by atoms with Gasteiger partial charge in [0.2, 0.25) is 0 Å². The molecule has 1 aromatic carbocycles. The molecule has 5 nitrogen and oxygen atoms in total. The fourth-order valence-corrected chi connectivity index (χ4v) is 1.48. The van der Waals surface area contributed by atoms with Gasteiger partial charge in [0, 0.05) is 12.1 Å². The Morgan fingerprint density at radius 1 is 1.17 bits per heavy atom. The number of methoxy groups -OCH3 is 1. The van der Waals surface area contributed by atoms with E-state index >= 15 is 0 Å². The van der Waals surface area contributed by atoms with Crippen molar-refractivity contribution in [2.45, 2.75) is 0 Å². The molecule has 1 aromatic heterocycles. The van der Waals surface area contributed by atoms with Crippen molar-refractivity contribution in [3.05, 3.63) is 36.7 Å². The Bertz CT molecular complexity index is 500. The first-order valence-electron chi connectivity index (χ1n) is 5.63. The number of aromatic nitrogens is 2. The average Bonchev–Trinajstić information content (AvgIpc) is 2.46. The molecule has 0 unspecified atom stereocenters. The lowest BCUT2D eigenvalue weighted by atomic mass is 10.2. The summed E-state index contributed by atoms with van der Waals surface area (Å²) in [5.74, 6) is 2.03. The predicted molar refractivity (Wildman–Crippen MR) is 68.6 cm³/mol. The number of nitrogens with zero attached hydrogens (tertiary/aromatic N) is 2. The molecule has 2 N–H and O–H groups in total. The van der Waals surface area contributed by atoms with Crippen LogP contribution in [-0.4, -0.2) is 30.2 Å². The van der Waals surface area contributed by atoms with E-state index in [1.807, 2.05) is 24.3 Å². The second-order valence-electron chi connectivity index (χ2n) is 3.61. The SMILES string of the molecule is COc1cccc(-c2ncc(OCCN)cn2)c1. The summed E-state index contributed by atoms with van der Waals surface area (Å²) in [4.78, 5) is 8.49. The molecule has 0 atom stereocenters. The number of hydrogen-bond donors (Lipinski definition) is 1. The molecule has 0 saturated heterocycles. The Kier molecular flexibility index (Phi) is 4.09. The van der Waals surface area contributed by atoms with Crippen LogP contribution in [0.15, 0.2) is 36.7 Å². The zero-order valence-corrected chi connectivity index (χ0v) is 10.2. The van der Waals surface area contributed by atoms with Crippen LogP contribution in [0.25, 0.3) is 11.4 Å². The quantitative estimate of drug-likeness (QED) is 0.864. The molecule has 2 rings (SSSR count). The number of nitrogens with two attached hydrogens (primary N) is 1. The normalized spacial score (nSPS) is 10.1. The topological polar surface area (TPSA) is 70.3 Å². The Morgan fingerprint density at radius 3 is 2.61 bits per heavy atom. The summed E-state index contributed by atoms with van der Waals surface area (Å²) in [5.41, 5.74) is 6.25. The van der Waals surface area contributed by atoms with Crippen LogP contribution in [0.2, 0.25) is 0 Å². The molecule has 0 bridgehead atoms. The molecule has 2 aromatic rings. The molecule has 1 heterocycles. The minimum absolute atomic E-state index is 0.460. The van der Waals surface area contributed by atoms with E-state index in [0.717, 1.165) is 11.3 Å². The van der Waals surface area contributed by atoms with Crippen LogP contribution < -0.4 is 15.2 Å². The third-order valence-electron chi connectivity index (χ3n) is 2.34. The van der Waals surface area contributed by atoms with Crippen molar-refractivity contribution in [3.8, 4) is 22.9 Å². The molecular formula is C13H15N3O2. The minimum atomic E-state index is 0.460. The molecule has 0 amide bonds. The summed E-state index contributed by atoms with van der Waals surface area (Å²) < 4.78 is 10.5. The van der Waals surface area contributed by atoms with E-state index in [4.69, 9.17) is 15.2 Å². The highest BCUT2D eigenvalue weighted by molar-refractivity contribution is 5.57. The summed E-state index contributed by atoms with van der Waals surface area (Å²) in [6, 6.07) is 7.59. The highest BCUT2D eigenvalue weighted by Crippen LogP contribution is 2.21. The summed E-state index contributed by atoms with van der Waals surface area (Å²) >= 11 is 0. The molecule has 94 valence electrons. The number of ether oxygens (including phenoxy) is 2. The third kappa shape index (κ3) is 2.95. The molecule has 0 aliphatic rings. The van der Waals surface area contributed by atoms with Gasteiger partial charge >= 0.3 is 0 Å². The van der Waals surface area contributed by atoms with Crippen molar-refractivity contribution in [3.63, 3.8) is 0 Å². The highest BCUT2D eigenvalue weighted by Gasteiger charge is 2.03. The summed E-state index contributed by atoms with van der Waals surface area (Å²) in [5, 5.41) is 0. The Hall–Kier alpha value is -2.14. The molecule has 5 heteroatoms. The van der Waals surface area contributed by atoms with Crippen molar-refractivity contribution >= 4 is 0 Å². The molecule has 0 spiro atoms. The first-order chi connectivity index (χ1) is 8.83. The van der Waals surface area contributed by atoms with E-state index in [2.05, 4.69) is 9.97 Å². The van der Waals surface area contributed by atoms with E-state index in [0.29, 0.717) is 24.7 Å². The van der Waals surface area contributed by atoms with Crippen LogP contribution in [-0.2, 0) is 0 Å². The van der Waals surface area contributed by atoms with Gasteiger partial charge in [0.15, 0.2) is 11.6 Å². The van der Waals surface area contributed by atoms with E-state index in [1.54, 1.807) is 19.5 Å². The average molecular weight is 245 g/mol. The van der Waals surface area contributed by atoms with Gasteiger partial charge in [0.05, 0.1) is 19.5 Å². The fraction of sp³-hybridized carbons (Fsp3) is 0.231. The summed E-state index contributed by atoms with van der Waals surface area (Å²) in [7, 11) is 1.63. The van der Waals surface area contributed by atoms with E-state index in [1.165, 1.54) is 0 Å². The third-order valence-corrected chi connectivity index (χ3v) is 2.34. The fourth-order valence-electron chi connectivity index (χ4n) is 1.48. The molecule has 0 fully saturated rings. The largest absolute Gasteiger partial charge is 0.497 e.